The predicted octanol–water partition coefficient (Wildman–Crippen LogP) is 3.52. The lowest BCUT2D eigenvalue weighted by Crippen LogP contribution is -2.34. The fourth-order valence-electron chi connectivity index (χ4n) is 2.43. The number of carbonyl (C=O) groups excluding carboxylic acids is 1. The SMILES string of the molecule is CN[C@@H](Cc1ccc(-c2cccc(F)c2C)cc1)C(C)=O. The lowest BCUT2D eigenvalue weighted by atomic mass is 9.97. The summed E-state index contributed by atoms with van der Waals surface area (Å²) in [4.78, 5) is 11.4. The molecule has 0 aromatic heterocycles. The topological polar surface area (TPSA) is 29.1 Å². The molecular weight excluding hydrogens is 265 g/mol. The normalized spacial score (nSPS) is 12.2. The number of Topliss-reactive ketones (excluding diaryl/α,β-unsaturated/α-hetero) is 1. The summed E-state index contributed by atoms with van der Waals surface area (Å²) in [5.41, 5.74) is 3.63. The maximum Gasteiger partial charge on any atom is 0.147 e. The minimum Gasteiger partial charge on any atom is -0.310 e. The Morgan fingerprint density at radius 1 is 1.19 bits per heavy atom. The van der Waals surface area contributed by atoms with E-state index in [-0.39, 0.29) is 17.6 Å². The van der Waals surface area contributed by atoms with Crippen molar-refractivity contribution in [1.82, 2.24) is 5.32 Å². The monoisotopic (exact) mass is 285 g/mol. The Hall–Kier alpha value is -2.00. The van der Waals surface area contributed by atoms with Gasteiger partial charge >= 0.3 is 0 Å². The summed E-state index contributed by atoms with van der Waals surface area (Å²) < 4.78 is 13.6. The van der Waals surface area contributed by atoms with Gasteiger partial charge in [-0.2, -0.15) is 0 Å². The lowest BCUT2D eigenvalue weighted by Gasteiger charge is -2.13. The molecule has 0 saturated heterocycles. The van der Waals surface area contributed by atoms with E-state index in [1.165, 1.54) is 6.07 Å². The van der Waals surface area contributed by atoms with Crippen LogP contribution in [0.2, 0.25) is 0 Å². The highest BCUT2D eigenvalue weighted by atomic mass is 19.1. The highest BCUT2D eigenvalue weighted by Gasteiger charge is 2.12. The molecule has 110 valence electrons. The molecule has 2 aromatic rings. The zero-order chi connectivity index (χ0) is 15.4. The molecule has 0 saturated carbocycles. The van der Waals surface area contributed by atoms with Gasteiger partial charge in [0, 0.05) is 0 Å². The predicted molar refractivity (Wildman–Crippen MR) is 83.8 cm³/mol. The van der Waals surface area contributed by atoms with E-state index in [4.69, 9.17) is 0 Å². The van der Waals surface area contributed by atoms with E-state index in [1.54, 1.807) is 27.0 Å². The van der Waals surface area contributed by atoms with E-state index in [2.05, 4.69) is 5.32 Å². The van der Waals surface area contributed by atoms with Crippen LogP contribution in [0.4, 0.5) is 4.39 Å². The van der Waals surface area contributed by atoms with Gasteiger partial charge in [0.25, 0.3) is 0 Å². The highest BCUT2D eigenvalue weighted by Crippen LogP contribution is 2.25. The van der Waals surface area contributed by atoms with Gasteiger partial charge in [-0.1, -0.05) is 36.4 Å². The van der Waals surface area contributed by atoms with Crippen LogP contribution in [-0.2, 0) is 11.2 Å². The first-order valence-corrected chi connectivity index (χ1v) is 7.05. The minimum absolute atomic E-state index is 0.127. The van der Waals surface area contributed by atoms with E-state index < -0.39 is 0 Å². The Bertz CT molecular complexity index is 634. The zero-order valence-electron chi connectivity index (χ0n) is 12.6. The first kappa shape index (κ1) is 15.4. The third-order valence-corrected chi connectivity index (χ3v) is 3.81. The molecule has 1 N–H and O–H groups in total. The van der Waals surface area contributed by atoms with Crippen LogP contribution in [0.3, 0.4) is 0 Å². The number of ketones is 1. The Kier molecular flexibility index (Phi) is 4.86. The average molecular weight is 285 g/mol. The maximum atomic E-state index is 13.6. The van der Waals surface area contributed by atoms with E-state index >= 15 is 0 Å². The molecule has 0 aliphatic heterocycles. The van der Waals surface area contributed by atoms with Gasteiger partial charge in [0.1, 0.15) is 11.6 Å². The highest BCUT2D eigenvalue weighted by molar-refractivity contribution is 5.81. The van der Waals surface area contributed by atoms with Crippen molar-refractivity contribution in [2.75, 3.05) is 7.05 Å². The first-order valence-electron chi connectivity index (χ1n) is 7.05. The van der Waals surface area contributed by atoms with Crippen molar-refractivity contribution < 1.29 is 9.18 Å². The lowest BCUT2D eigenvalue weighted by molar-refractivity contribution is -0.118. The van der Waals surface area contributed by atoms with Crippen molar-refractivity contribution in [2.45, 2.75) is 26.3 Å². The summed E-state index contributed by atoms with van der Waals surface area (Å²) in [6.45, 7) is 3.37. The van der Waals surface area contributed by atoms with Gasteiger partial charge in [0.2, 0.25) is 0 Å². The molecule has 0 fully saturated rings. The summed E-state index contributed by atoms with van der Waals surface area (Å²) >= 11 is 0. The van der Waals surface area contributed by atoms with Crippen molar-refractivity contribution in [2.24, 2.45) is 0 Å². The van der Waals surface area contributed by atoms with Crippen molar-refractivity contribution in [1.29, 1.82) is 0 Å². The number of rotatable bonds is 5. The first-order chi connectivity index (χ1) is 10.0. The van der Waals surface area contributed by atoms with Crippen LogP contribution in [0.15, 0.2) is 42.5 Å². The van der Waals surface area contributed by atoms with Crippen LogP contribution in [0.5, 0.6) is 0 Å². The van der Waals surface area contributed by atoms with Gasteiger partial charge in [-0.25, -0.2) is 4.39 Å². The molecule has 0 bridgehead atoms. The molecule has 2 aromatic carbocycles. The Balaban J connectivity index is 2.23. The number of carbonyl (C=O) groups is 1. The molecule has 0 unspecified atom stereocenters. The molecule has 0 amide bonds. The Labute approximate surface area is 125 Å². The van der Waals surface area contributed by atoms with Crippen LogP contribution in [0.25, 0.3) is 11.1 Å². The molecule has 0 spiro atoms. The van der Waals surface area contributed by atoms with Gasteiger partial charge < -0.3 is 5.32 Å². The fourth-order valence-corrected chi connectivity index (χ4v) is 2.43. The number of likely N-dealkylation sites (N-methyl/N-ethyl adjacent to an activating group) is 1. The van der Waals surface area contributed by atoms with Crippen molar-refractivity contribution in [3.63, 3.8) is 0 Å². The number of hydrogen-bond acceptors (Lipinski definition) is 2. The third-order valence-electron chi connectivity index (χ3n) is 3.81. The van der Waals surface area contributed by atoms with Crippen LogP contribution in [0.1, 0.15) is 18.1 Å². The van der Waals surface area contributed by atoms with E-state index in [9.17, 15) is 9.18 Å². The number of benzene rings is 2. The third kappa shape index (κ3) is 3.56. The summed E-state index contributed by atoms with van der Waals surface area (Å²) in [5.74, 6) is -0.0639. The maximum absolute atomic E-state index is 13.6. The van der Waals surface area contributed by atoms with E-state index in [0.29, 0.717) is 12.0 Å². The van der Waals surface area contributed by atoms with Gasteiger partial charge in [0.15, 0.2) is 0 Å². The van der Waals surface area contributed by atoms with Crippen LogP contribution < -0.4 is 5.32 Å². The standard InChI is InChI=1S/C18H20FNO/c1-12-16(5-4-6-17(12)19)15-9-7-14(8-10-15)11-18(20-3)13(2)21/h4-10,18,20H,11H2,1-3H3/t18-/m0/s1. The molecule has 0 aliphatic carbocycles. The van der Waals surface area contributed by atoms with Crippen LogP contribution in [-0.4, -0.2) is 18.9 Å². The van der Waals surface area contributed by atoms with Crippen molar-refractivity contribution in [3.05, 3.63) is 59.4 Å². The molecule has 0 aliphatic rings. The largest absolute Gasteiger partial charge is 0.310 e. The molecule has 2 nitrogen and oxygen atoms in total. The summed E-state index contributed by atoms with van der Waals surface area (Å²) in [5, 5.41) is 3.01. The minimum atomic E-state index is -0.191. The zero-order valence-corrected chi connectivity index (χ0v) is 12.6. The summed E-state index contributed by atoms with van der Waals surface area (Å²) in [6.07, 6.45) is 0.661. The van der Waals surface area contributed by atoms with Crippen molar-refractivity contribution >= 4 is 5.78 Å². The Morgan fingerprint density at radius 2 is 1.86 bits per heavy atom. The average Bonchev–Trinajstić information content (AvgIpc) is 2.48. The van der Waals surface area contributed by atoms with Crippen LogP contribution >= 0.6 is 0 Å². The number of hydrogen-bond donors (Lipinski definition) is 1. The molecule has 1 atom stereocenters. The number of halogens is 1. The van der Waals surface area contributed by atoms with Gasteiger partial charge in [-0.15, -0.1) is 0 Å². The van der Waals surface area contributed by atoms with Crippen molar-refractivity contribution in [3.8, 4) is 11.1 Å². The number of nitrogens with one attached hydrogen (secondary N) is 1. The van der Waals surface area contributed by atoms with E-state index in [1.807, 2.05) is 30.3 Å². The van der Waals surface area contributed by atoms with Crippen LogP contribution in [0, 0.1) is 12.7 Å². The van der Waals surface area contributed by atoms with Gasteiger partial charge in [0.05, 0.1) is 6.04 Å². The fraction of sp³-hybridized carbons (Fsp3) is 0.278. The summed E-state index contributed by atoms with van der Waals surface area (Å²) in [7, 11) is 1.79. The smallest absolute Gasteiger partial charge is 0.147 e. The van der Waals surface area contributed by atoms with Gasteiger partial charge in [-0.3, -0.25) is 4.79 Å². The molecule has 3 heteroatoms. The molecule has 2 rings (SSSR count). The second kappa shape index (κ2) is 6.64. The molecule has 21 heavy (non-hydrogen) atoms. The summed E-state index contributed by atoms with van der Waals surface area (Å²) in [6, 6.07) is 12.9. The van der Waals surface area contributed by atoms with E-state index in [0.717, 1.165) is 16.7 Å². The molecule has 0 heterocycles. The second-order valence-electron chi connectivity index (χ2n) is 5.27. The van der Waals surface area contributed by atoms with Gasteiger partial charge in [-0.05, 0) is 55.6 Å². The molecule has 0 radical (unpaired) electrons. The Morgan fingerprint density at radius 3 is 2.43 bits per heavy atom. The quantitative estimate of drug-likeness (QED) is 0.910. The second-order valence-corrected chi connectivity index (χ2v) is 5.27. The molecular formula is C18H20FNO.